The van der Waals surface area contributed by atoms with Gasteiger partial charge in [-0.1, -0.05) is 60.7 Å². The topological polar surface area (TPSA) is 73.2 Å². The average Bonchev–Trinajstić information content (AvgIpc) is 3.18. The van der Waals surface area contributed by atoms with E-state index in [1.54, 1.807) is 0 Å². The lowest BCUT2D eigenvalue weighted by atomic mass is 9.86. The monoisotopic (exact) mass is 431 g/mol. The van der Waals surface area contributed by atoms with Crippen LogP contribution in [0, 0.1) is 5.92 Å². The number of aromatic nitrogens is 2. The summed E-state index contributed by atoms with van der Waals surface area (Å²) in [6.07, 6.45) is 1.87. The summed E-state index contributed by atoms with van der Waals surface area (Å²) in [4.78, 5) is 25.7. The van der Waals surface area contributed by atoms with Gasteiger partial charge in [-0.2, -0.15) is 5.10 Å². The highest BCUT2D eigenvalue weighted by molar-refractivity contribution is 5.94. The summed E-state index contributed by atoms with van der Waals surface area (Å²) < 4.78 is 7.18. The molecule has 0 saturated heterocycles. The minimum Gasteiger partial charge on any atom is -0.466 e. The highest BCUT2D eigenvalue weighted by atomic mass is 16.5. The van der Waals surface area contributed by atoms with Crippen molar-refractivity contribution < 1.29 is 14.3 Å². The van der Waals surface area contributed by atoms with Crippen LogP contribution in [0.15, 0.2) is 60.7 Å². The fraction of sp³-hybridized carbons (Fsp3) is 0.346. The average molecular weight is 432 g/mol. The molecule has 0 saturated carbocycles. The van der Waals surface area contributed by atoms with Gasteiger partial charge in [0.15, 0.2) is 5.69 Å². The molecule has 32 heavy (non-hydrogen) atoms. The third-order valence-corrected chi connectivity index (χ3v) is 6.00. The van der Waals surface area contributed by atoms with Crippen molar-refractivity contribution >= 4 is 11.9 Å². The number of esters is 1. The van der Waals surface area contributed by atoms with E-state index in [0.717, 1.165) is 22.4 Å². The number of benzene rings is 2. The van der Waals surface area contributed by atoms with Crippen molar-refractivity contribution in [3.05, 3.63) is 88.7 Å². The van der Waals surface area contributed by atoms with Crippen molar-refractivity contribution in [1.29, 1.82) is 0 Å². The summed E-state index contributed by atoms with van der Waals surface area (Å²) in [6, 6.07) is 19.8. The largest absolute Gasteiger partial charge is 0.466 e. The summed E-state index contributed by atoms with van der Waals surface area (Å²) in [5.74, 6) is -0.651. The fourth-order valence-electron chi connectivity index (χ4n) is 4.31. The Hall–Kier alpha value is -3.41. The van der Waals surface area contributed by atoms with Crippen LogP contribution in [0.1, 0.15) is 59.2 Å². The summed E-state index contributed by atoms with van der Waals surface area (Å²) >= 11 is 0. The van der Waals surface area contributed by atoms with E-state index in [1.807, 2.05) is 67.1 Å². The molecule has 166 valence electrons. The number of rotatable bonds is 7. The van der Waals surface area contributed by atoms with Crippen LogP contribution < -0.4 is 5.32 Å². The number of nitrogens with one attached hydrogen (secondary N) is 1. The first-order valence-corrected chi connectivity index (χ1v) is 11.2. The second-order valence-corrected chi connectivity index (χ2v) is 8.21. The number of carbonyl (C=O) groups excluding carboxylic acids is 2. The SMILES string of the molecule is CCOC(=O)C1CCc2c(c(C(=O)NC(C)c3ccccc3)nn2Cc2ccccc2)C1. The standard InChI is InChI=1S/C26H29N3O3/c1-3-32-26(31)21-14-15-23-22(16-21)24(28-29(23)17-19-10-6-4-7-11-19)25(30)27-18(2)20-12-8-5-9-13-20/h4-13,18,21H,3,14-17H2,1-2H3,(H,27,30). The predicted octanol–water partition coefficient (Wildman–Crippen LogP) is 4.09. The molecule has 2 aromatic carbocycles. The maximum absolute atomic E-state index is 13.3. The molecule has 6 nitrogen and oxygen atoms in total. The van der Waals surface area contributed by atoms with Crippen molar-refractivity contribution in [3.8, 4) is 0 Å². The van der Waals surface area contributed by atoms with Gasteiger partial charge in [-0.3, -0.25) is 14.3 Å². The van der Waals surface area contributed by atoms with Crippen molar-refractivity contribution in [2.45, 2.75) is 45.7 Å². The lowest BCUT2D eigenvalue weighted by molar-refractivity contribution is -0.148. The number of amides is 1. The van der Waals surface area contributed by atoms with Crippen LogP contribution in [0.5, 0.6) is 0 Å². The second kappa shape index (κ2) is 9.81. The van der Waals surface area contributed by atoms with E-state index in [1.165, 1.54) is 0 Å². The Kier molecular flexibility index (Phi) is 6.69. The zero-order chi connectivity index (χ0) is 22.5. The normalized spacial score (nSPS) is 16.1. The van der Waals surface area contributed by atoms with Crippen LogP contribution in [0.4, 0.5) is 0 Å². The zero-order valence-electron chi connectivity index (χ0n) is 18.6. The quantitative estimate of drug-likeness (QED) is 0.572. The van der Waals surface area contributed by atoms with E-state index >= 15 is 0 Å². The highest BCUT2D eigenvalue weighted by Crippen LogP contribution is 2.30. The van der Waals surface area contributed by atoms with Gasteiger partial charge in [-0.15, -0.1) is 0 Å². The van der Waals surface area contributed by atoms with Crippen molar-refractivity contribution in [3.63, 3.8) is 0 Å². The van der Waals surface area contributed by atoms with Crippen LogP contribution in [-0.2, 0) is 28.9 Å². The Bertz CT molecular complexity index is 1080. The number of hydrogen-bond acceptors (Lipinski definition) is 4. The number of carbonyl (C=O) groups is 2. The molecule has 0 aliphatic heterocycles. The van der Waals surface area contributed by atoms with Gasteiger partial charge in [0.1, 0.15) is 0 Å². The van der Waals surface area contributed by atoms with Gasteiger partial charge in [0.25, 0.3) is 5.91 Å². The minimum absolute atomic E-state index is 0.150. The van der Waals surface area contributed by atoms with Gasteiger partial charge >= 0.3 is 5.97 Å². The van der Waals surface area contributed by atoms with Crippen LogP contribution >= 0.6 is 0 Å². The van der Waals surface area contributed by atoms with Crippen LogP contribution in [0.2, 0.25) is 0 Å². The predicted molar refractivity (Wildman–Crippen MR) is 122 cm³/mol. The zero-order valence-corrected chi connectivity index (χ0v) is 18.6. The first kappa shape index (κ1) is 21.8. The molecule has 2 atom stereocenters. The number of ether oxygens (including phenoxy) is 1. The van der Waals surface area contributed by atoms with Gasteiger partial charge in [-0.05, 0) is 44.2 Å². The lowest BCUT2D eigenvalue weighted by Crippen LogP contribution is -2.30. The molecule has 1 amide bonds. The molecular weight excluding hydrogens is 402 g/mol. The Morgan fingerprint density at radius 2 is 1.81 bits per heavy atom. The molecule has 0 bridgehead atoms. The molecule has 1 aliphatic rings. The van der Waals surface area contributed by atoms with E-state index in [2.05, 4.69) is 17.4 Å². The molecular formula is C26H29N3O3. The van der Waals surface area contributed by atoms with E-state index in [-0.39, 0.29) is 23.8 Å². The van der Waals surface area contributed by atoms with E-state index in [9.17, 15) is 9.59 Å². The smallest absolute Gasteiger partial charge is 0.309 e. The first-order valence-electron chi connectivity index (χ1n) is 11.2. The molecule has 1 N–H and O–H groups in total. The molecule has 1 aliphatic carbocycles. The van der Waals surface area contributed by atoms with Gasteiger partial charge in [0.05, 0.1) is 25.1 Å². The Morgan fingerprint density at radius 3 is 2.50 bits per heavy atom. The van der Waals surface area contributed by atoms with E-state index in [4.69, 9.17) is 9.84 Å². The lowest BCUT2D eigenvalue weighted by Gasteiger charge is -2.22. The maximum Gasteiger partial charge on any atom is 0.309 e. The highest BCUT2D eigenvalue weighted by Gasteiger charge is 2.33. The third kappa shape index (κ3) is 4.74. The van der Waals surface area contributed by atoms with E-state index < -0.39 is 0 Å². The Morgan fingerprint density at radius 1 is 1.12 bits per heavy atom. The molecule has 0 radical (unpaired) electrons. The summed E-state index contributed by atoms with van der Waals surface area (Å²) in [7, 11) is 0. The second-order valence-electron chi connectivity index (χ2n) is 8.21. The number of hydrogen-bond donors (Lipinski definition) is 1. The van der Waals surface area contributed by atoms with E-state index in [0.29, 0.717) is 38.1 Å². The van der Waals surface area contributed by atoms with Crippen LogP contribution in [0.25, 0.3) is 0 Å². The van der Waals surface area contributed by atoms with Crippen LogP contribution in [-0.4, -0.2) is 28.3 Å². The van der Waals surface area contributed by atoms with Gasteiger partial charge in [0.2, 0.25) is 0 Å². The summed E-state index contributed by atoms with van der Waals surface area (Å²) in [5, 5.41) is 7.80. The van der Waals surface area contributed by atoms with Gasteiger partial charge < -0.3 is 10.1 Å². The van der Waals surface area contributed by atoms with Crippen molar-refractivity contribution in [2.24, 2.45) is 5.92 Å². The maximum atomic E-state index is 13.3. The molecule has 0 fully saturated rings. The fourth-order valence-corrected chi connectivity index (χ4v) is 4.31. The molecule has 4 rings (SSSR count). The summed E-state index contributed by atoms with van der Waals surface area (Å²) in [6.45, 7) is 4.72. The summed E-state index contributed by atoms with van der Waals surface area (Å²) in [5.41, 5.74) is 4.46. The van der Waals surface area contributed by atoms with Gasteiger partial charge in [0, 0.05) is 11.3 Å². The van der Waals surface area contributed by atoms with Crippen LogP contribution in [0.3, 0.4) is 0 Å². The number of fused-ring (bicyclic) bond motifs is 1. The Balaban J connectivity index is 1.63. The Labute approximate surface area is 188 Å². The molecule has 2 unspecified atom stereocenters. The molecule has 0 spiro atoms. The third-order valence-electron chi connectivity index (χ3n) is 6.00. The first-order chi connectivity index (χ1) is 15.6. The van der Waals surface area contributed by atoms with Crippen molar-refractivity contribution in [2.75, 3.05) is 6.61 Å². The molecule has 3 aromatic rings. The van der Waals surface area contributed by atoms with Crippen molar-refractivity contribution in [1.82, 2.24) is 15.1 Å². The molecule has 1 aromatic heterocycles. The van der Waals surface area contributed by atoms with Gasteiger partial charge in [-0.25, -0.2) is 0 Å². The molecule has 1 heterocycles. The number of nitrogens with zero attached hydrogens (tertiary/aromatic N) is 2. The molecule has 6 heteroatoms. The minimum atomic E-state index is -0.241.